The summed E-state index contributed by atoms with van der Waals surface area (Å²) >= 11 is 7.05. The zero-order valence-electron chi connectivity index (χ0n) is 7.82. The van der Waals surface area contributed by atoms with E-state index in [-0.39, 0.29) is 21.5 Å². The SMILES string of the molecule is N#CC1=C[C@H](Br)[C@H]2C[C@@H]1[C@@H](Br)C=C2C#N. The minimum absolute atomic E-state index is 0.120. The highest BCUT2D eigenvalue weighted by Crippen LogP contribution is 2.44. The van der Waals surface area contributed by atoms with Gasteiger partial charge in [-0.25, -0.2) is 0 Å². The van der Waals surface area contributed by atoms with Crippen molar-refractivity contribution < 1.29 is 0 Å². The molecule has 2 bridgehead atoms. The molecule has 0 aliphatic heterocycles. The Morgan fingerprint density at radius 2 is 1.40 bits per heavy atom. The summed E-state index contributed by atoms with van der Waals surface area (Å²) in [5.74, 6) is 0.455. The van der Waals surface area contributed by atoms with E-state index >= 15 is 0 Å². The number of hydrogen-bond donors (Lipinski definition) is 0. The van der Waals surface area contributed by atoms with Crippen molar-refractivity contribution >= 4 is 31.9 Å². The lowest BCUT2D eigenvalue weighted by Gasteiger charge is -2.36. The van der Waals surface area contributed by atoms with Crippen LogP contribution < -0.4 is 0 Å². The average Bonchev–Trinajstić information content (AvgIpc) is 2.25. The van der Waals surface area contributed by atoms with Crippen molar-refractivity contribution in [2.75, 3.05) is 0 Å². The molecule has 76 valence electrons. The molecule has 0 saturated heterocycles. The lowest BCUT2D eigenvalue weighted by atomic mass is 9.72. The first-order chi connectivity index (χ1) is 7.17. The minimum Gasteiger partial charge on any atom is -0.193 e. The number of alkyl halides is 2. The van der Waals surface area contributed by atoms with Gasteiger partial charge < -0.3 is 0 Å². The number of halogens is 2. The van der Waals surface area contributed by atoms with E-state index in [4.69, 9.17) is 10.5 Å². The van der Waals surface area contributed by atoms with Gasteiger partial charge in [-0.05, 0) is 6.42 Å². The number of nitriles is 2. The Labute approximate surface area is 106 Å². The Hall–Kier alpha value is -0.580. The van der Waals surface area contributed by atoms with Crippen molar-refractivity contribution in [2.24, 2.45) is 11.8 Å². The van der Waals surface area contributed by atoms with Crippen LogP contribution in [-0.4, -0.2) is 9.65 Å². The summed E-state index contributed by atoms with van der Waals surface area (Å²) in [4.78, 5) is 0.239. The van der Waals surface area contributed by atoms with Gasteiger partial charge in [-0.15, -0.1) is 0 Å². The largest absolute Gasteiger partial charge is 0.193 e. The third-order valence-corrected chi connectivity index (χ3v) is 4.82. The van der Waals surface area contributed by atoms with Crippen LogP contribution in [0.3, 0.4) is 0 Å². The highest BCUT2D eigenvalue weighted by Gasteiger charge is 2.38. The maximum Gasteiger partial charge on any atom is 0.0947 e. The van der Waals surface area contributed by atoms with Gasteiger partial charge in [-0.2, -0.15) is 10.5 Å². The molecule has 0 fully saturated rings. The fourth-order valence-electron chi connectivity index (χ4n) is 2.19. The van der Waals surface area contributed by atoms with Gasteiger partial charge in [-0.1, -0.05) is 44.0 Å². The molecule has 4 heteroatoms. The van der Waals surface area contributed by atoms with Gasteiger partial charge >= 0.3 is 0 Å². The van der Waals surface area contributed by atoms with E-state index in [0.717, 1.165) is 17.6 Å². The summed E-state index contributed by atoms with van der Waals surface area (Å²) in [5, 5.41) is 18.0. The molecule has 2 nitrogen and oxygen atoms in total. The Morgan fingerprint density at radius 3 is 1.73 bits per heavy atom. The van der Waals surface area contributed by atoms with Crippen LogP contribution in [0.1, 0.15) is 6.42 Å². The minimum atomic E-state index is 0.120. The maximum atomic E-state index is 9.02. The molecular weight excluding hydrogens is 320 g/mol. The van der Waals surface area contributed by atoms with E-state index in [1.54, 1.807) is 0 Å². The lowest BCUT2D eigenvalue weighted by molar-refractivity contribution is 0.437. The van der Waals surface area contributed by atoms with E-state index in [1.807, 2.05) is 12.2 Å². The molecule has 0 aromatic rings. The molecule has 15 heavy (non-hydrogen) atoms. The van der Waals surface area contributed by atoms with Gasteiger partial charge in [-0.3, -0.25) is 0 Å². The van der Waals surface area contributed by atoms with Crippen LogP contribution in [-0.2, 0) is 0 Å². The van der Waals surface area contributed by atoms with Crippen LogP contribution in [0, 0.1) is 34.5 Å². The predicted octanol–water partition coefficient (Wildman–Crippen LogP) is 3.06. The first-order valence-corrected chi connectivity index (χ1v) is 6.52. The van der Waals surface area contributed by atoms with Crippen molar-refractivity contribution in [3.05, 3.63) is 23.3 Å². The number of nitrogens with zero attached hydrogens (tertiary/aromatic N) is 2. The smallest absolute Gasteiger partial charge is 0.0947 e. The number of fused-ring (bicyclic) bond motifs is 2. The fraction of sp³-hybridized carbons (Fsp3) is 0.455. The fourth-order valence-corrected chi connectivity index (χ4v) is 3.76. The maximum absolute atomic E-state index is 9.02. The summed E-state index contributed by atoms with van der Waals surface area (Å²) in [5.41, 5.74) is 1.64. The summed E-state index contributed by atoms with van der Waals surface area (Å²) < 4.78 is 0. The molecule has 0 spiro atoms. The van der Waals surface area contributed by atoms with Crippen molar-refractivity contribution in [1.82, 2.24) is 0 Å². The van der Waals surface area contributed by atoms with Crippen LogP contribution in [0.25, 0.3) is 0 Å². The third kappa shape index (κ3) is 1.77. The molecule has 0 amide bonds. The molecule has 2 aliphatic carbocycles. The number of hydrogen-bond acceptors (Lipinski definition) is 2. The highest BCUT2D eigenvalue weighted by molar-refractivity contribution is 9.10. The highest BCUT2D eigenvalue weighted by atomic mass is 79.9. The van der Waals surface area contributed by atoms with Gasteiger partial charge in [0.2, 0.25) is 0 Å². The molecule has 0 saturated carbocycles. The van der Waals surface area contributed by atoms with Crippen molar-refractivity contribution in [3.63, 3.8) is 0 Å². The van der Waals surface area contributed by atoms with E-state index in [0.29, 0.717) is 0 Å². The zero-order chi connectivity index (χ0) is 11.0. The average molecular weight is 328 g/mol. The molecule has 0 unspecified atom stereocenters. The van der Waals surface area contributed by atoms with Crippen molar-refractivity contribution in [3.8, 4) is 12.1 Å². The molecule has 0 radical (unpaired) electrons. The second-order valence-electron chi connectivity index (χ2n) is 3.81. The summed E-state index contributed by atoms with van der Waals surface area (Å²) in [6.07, 6.45) is 4.76. The van der Waals surface area contributed by atoms with Gasteiger partial charge in [0, 0.05) is 32.6 Å². The molecular formula is C11H8Br2N2. The van der Waals surface area contributed by atoms with Crippen LogP contribution in [0.15, 0.2) is 23.3 Å². The van der Waals surface area contributed by atoms with Gasteiger partial charge in [0.15, 0.2) is 0 Å². The van der Waals surface area contributed by atoms with Crippen LogP contribution in [0.4, 0.5) is 0 Å². The summed E-state index contributed by atoms with van der Waals surface area (Å²) in [6, 6.07) is 4.48. The molecule has 0 aromatic carbocycles. The molecule has 0 aromatic heterocycles. The third-order valence-electron chi connectivity index (χ3n) is 3.01. The van der Waals surface area contributed by atoms with Gasteiger partial charge in [0.05, 0.1) is 12.1 Å². The Bertz CT molecular complexity index is 385. The van der Waals surface area contributed by atoms with Crippen LogP contribution in [0.2, 0.25) is 0 Å². The molecule has 0 N–H and O–H groups in total. The molecule has 2 aliphatic rings. The van der Waals surface area contributed by atoms with Crippen molar-refractivity contribution in [2.45, 2.75) is 16.1 Å². The first kappa shape index (κ1) is 10.9. The lowest BCUT2D eigenvalue weighted by Crippen LogP contribution is -2.33. The standard InChI is InChI=1S/C11H8Br2N2/c12-10-1-6(4-14)8-3-9(10)7(5-15)2-11(8)13/h1-2,8-11H,3H2/t8-,9-,10-,11-/m0/s1. The van der Waals surface area contributed by atoms with Gasteiger partial charge in [0.25, 0.3) is 0 Å². The predicted molar refractivity (Wildman–Crippen MR) is 64.4 cm³/mol. The monoisotopic (exact) mass is 326 g/mol. The second-order valence-corrected chi connectivity index (χ2v) is 5.92. The molecule has 0 heterocycles. The Morgan fingerprint density at radius 1 is 1.00 bits per heavy atom. The normalized spacial score (nSPS) is 38.4. The van der Waals surface area contributed by atoms with E-state index < -0.39 is 0 Å². The van der Waals surface area contributed by atoms with Gasteiger partial charge in [0.1, 0.15) is 0 Å². The summed E-state index contributed by atoms with van der Waals surface area (Å²) in [7, 11) is 0. The quantitative estimate of drug-likeness (QED) is 0.642. The Balaban J connectivity index is 2.42. The van der Waals surface area contributed by atoms with Crippen LogP contribution in [0.5, 0.6) is 0 Å². The van der Waals surface area contributed by atoms with E-state index in [2.05, 4.69) is 44.0 Å². The molecule has 4 atom stereocenters. The first-order valence-electron chi connectivity index (χ1n) is 4.69. The molecule has 2 rings (SSSR count). The second kappa shape index (κ2) is 4.12. The van der Waals surface area contributed by atoms with Crippen molar-refractivity contribution in [1.29, 1.82) is 10.5 Å². The van der Waals surface area contributed by atoms with Crippen LogP contribution >= 0.6 is 31.9 Å². The zero-order valence-corrected chi connectivity index (χ0v) is 11.0. The number of rotatable bonds is 0. The number of allylic oxidation sites excluding steroid dienone is 4. The van der Waals surface area contributed by atoms with E-state index in [9.17, 15) is 0 Å². The Kier molecular flexibility index (Phi) is 3.00. The van der Waals surface area contributed by atoms with E-state index in [1.165, 1.54) is 0 Å². The summed E-state index contributed by atoms with van der Waals surface area (Å²) in [6.45, 7) is 0. The topological polar surface area (TPSA) is 47.6 Å².